The van der Waals surface area contributed by atoms with Crippen LogP contribution in [-0.4, -0.2) is 26.8 Å². The van der Waals surface area contributed by atoms with Crippen LogP contribution in [0.25, 0.3) is 22.2 Å². The van der Waals surface area contributed by atoms with Crippen LogP contribution >= 0.6 is 11.6 Å². The van der Waals surface area contributed by atoms with Crippen molar-refractivity contribution < 1.29 is 4.79 Å². The Morgan fingerprint density at radius 2 is 1.76 bits per heavy atom. The van der Waals surface area contributed by atoms with E-state index in [4.69, 9.17) is 22.3 Å². The molecule has 1 amide bonds. The molecule has 0 saturated carbocycles. The summed E-state index contributed by atoms with van der Waals surface area (Å²) in [4.78, 5) is 22.6. The molecule has 3 aromatic carbocycles. The van der Waals surface area contributed by atoms with E-state index < -0.39 is 0 Å². The normalized spacial score (nSPS) is 11.5. The van der Waals surface area contributed by atoms with Gasteiger partial charge in [-0.3, -0.25) is 4.79 Å². The molecule has 0 atom stereocenters. The van der Waals surface area contributed by atoms with Crippen LogP contribution in [0.3, 0.4) is 0 Å². The van der Waals surface area contributed by atoms with Crippen LogP contribution in [0.2, 0.25) is 5.02 Å². The zero-order chi connectivity index (χ0) is 22.9. The summed E-state index contributed by atoms with van der Waals surface area (Å²) in [7, 11) is 0. The molecule has 7 nitrogen and oxygen atoms in total. The number of carbonyl (C=O) groups excluding carboxylic acids is 1. The number of aromatic nitrogens is 3. The summed E-state index contributed by atoms with van der Waals surface area (Å²) >= 11 is 6.08. The van der Waals surface area contributed by atoms with E-state index in [2.05, 4.69) is 15.4 Å². The summed E-state index contributed by atoms with van der Waals surface area (Å²) < 4.78 is 1.43. The van der Waals surface area contributed by atoms with Gasteiger partial charge in [0.15, 0.2) is 5.65 Å². The van der Waals surface area contributed by atoms with E-state index in [1.165, 1.54) is 4.68 Å². The second-order valence-corrected chi connectivity index (χ2v) is 8.01. The summed E-state index contributed by atoms with van der Waals surface area (Å²) in [6.07, 6.45) is 1.61. The fourth-order valence-electron chi connectivity index (χ4n) is 3.53. The maximum absolute atomic E-state index is 13.3. The van der Waals surface area contributed by atoms with Gasteiger partial charge in [-0.05, 0) is 48.9 Å². The van der Waals surface area contributed by atoms with Gasteiger partial charge in [0.25, 0.3) is 5.91 Å². The second-order valence-electron chi connectivity index (χ2n) is 7.58. The number of rotatable bonds is 4. The van der Waals surface area contributed by atoms with Crippen molar-refractivity contribution in [3.05, 3.63) is 94.5 Å². The Morgan fingerprint density at radius 1 is 1.03 bits per heavy atom. The van der Waals surface area contributed by atoms with E-state index in [-0.39, 0.29) is 17.3 Å². The van der Waals surface area contributed by atoms with Gasteiger partial charge < -0.3 is 11.1 Å². The third-order valence-electron chi connectivity index (χ3n) is 5.18. The fourth-order valence-corrected chi connectivity index (χ4v) is 3.73. The topological polar surface area (TPSA) is 98.2 Å². The van der Waals surface area contributed by atoms with E-state index in [0.717, 1.165) is 11.1 Å². The van der Waals surface area contributed by atoms with Gasteiger partial charge in [0.1, 0.15) is 16.9 Å². The molecule has 0 spiro atoms. The number of amides is 1. The molecule has 5 rings (SSSR count). The largest absolute Gasteiger partial charge is 0.383 e. The number of hydrogen-bond donors (Lipinski definition) is 2. The summed E-state index contributed by atoms with van der Waals surface area (Å²) in [6, 6.07) is 22.2. The molecule has 0 bridgehead atoms. The molecule has 33 heavy (non-hydrogen) atoms. The van der Waals surface area contributed by atoms with Gasteiger partial charge in [-0.2, -0.15) is 9.78 Å². The van der Waals surface area contributed by atoms with Crippen molar-refractivity contribution in [1.29, 1.82) is 0 Å². The predicted octanol–water partition coefficient (Wildman–Crippen LogP) is 5.26. The van der Waals surface area contributed by atoms with Crippen LogP contribution in [0.1, 0.15) is 21.5 Å². The lowest BCUT2D eigenvalue weighted by molar-refractivity contribution is 0.102. The molecule has 0 aliphatic carbocycles. The van der Waals surface area contributed by atoms with E-state index in [1.54, 1.807) is 18.3 Å². The first-order valence-electron chi connectivity index (χ1n) is 10.2. The van der Waals surface area contributed by atoms with Crippen molar-refractivity contribution >= 4 is 57.4 Å². The highest BCUT2D eigenvalue weighted by atomic mass is 35.5. The van der Waals surface area contributed by atoms with Crippen LogP contribution in [0.4, 0.5) is 11.5 Å². The number of carbonyl (C=O) groups is 1. The van der Waals surface area contributed by atoms with E-state index >= 15 is 0 Å². The molecule has 0 aliphatic rings. The minimum atomic E-state index is -0.386. The number of halogens is 1. The SMILES string of the molecule is Cc1ccc(NC(=O)c2c(N)n(/N=C/c3cccc(Cl)c3)c3nc4ccccc4nc23)cc1. The number of nitrogens with zero attached hydrogens (tertiary/aromatic N) is 4. The number of nitrogens with two attached hydrogens (primary N) is 1. The number of hydrogen-bond acceptors (Lipinski definition) is 5. The van der Waals surface area contributed by atoms with E-state index in [0.29, 0.717) is 32.9 Å². The van der Waals surface area contributed by atoms with Gasteiger partial charge in [-0.15, -0.1) is 0 Å². The lowest BCUT2D eigenvalue weighted by Crippen LogP contribution is -2.14. The molecule has 3 N–H and O–H groups in total. The van der Waals surface area contributed by atoms with Gasteiger partial charge in [0.05, 0.1) is 17.2 Å². The summed E-state index contributed by atoms with van der Waals surface area (Å²) in [6.45, 7) is 1.98. The highest BCUT2D eigenvalue weighted by molar-refractivity contribution is 6.30. The molecule has 2 heterocycles. The highest BCUT2D eigenvalue weighted by Crippen LogP contribution is 2.28. The second kappa shape index (κ2) is 8.37. The van der Waals surface area contributed by atoms with Crippen LogP contribution < -0.4 is 11.1 Å². The Labute approximate surface area is 194 Å². The van der Waals surface area contributed by atoms with Crippen molar-refractivity contribution in [3.8, 4) is 0 Å². The van der Waals surface area contributed by atoms with Crippen LogP contribution in [0, 0.1) is 6.92 Å². The Hall–Kier alpha value is -4.23. The number of nitrogen functional groups attached to an aromatic ring is 1. The van der Waals surface area contributed by atoms with E-state index in [1.807, 2.05) is 67.6 Å². The minimum absolute atomic E-state index is 0.142. The fraction of sp³-hybridized carbons (Fsp3) is 0.0400. The zero-order valence-corrected chi connectivity index (χ0v) is 18.4. The Balaban J connectivity index is 1.66. The standard InChI is InChI=1S/C25H19ClN6O/c1-15-9-11-18(12-10-15)29-25(33)21-22-24(31-20-8-3-2-7-19(20)30-22)32(23(21)27)28-14-16-5-4-6-17(26)13-16/h2-14H,27H2,1H3,(H,29,33)/b28-14+. The number of benzene rings is 3. The average Bonchev–Trinajstić information content (AvgIpc) is 3.08. The molecule has 0 aliphatic heterocycles. The molecule has 0 saturated heterocycles. The highest BCUT2D eigenvalue weighted by Gasteiger charge is 2.24. The molecule has 0 radical (unpaired) electrons. The first-order chi connectivity index (χ1) is 16.0. The van der Waals surface area contributed by atoms with Gasteiger partial charge in [0, 0.05) is 10.7 Å². The number of aryl methyl sites for hydroxylation is 1. The predicted molar refractivity (Wildman–Crippen MR) is 133 cm³/mol. The van der Waals surface area contributed by atoms with Crippen molar-refractivity contribution in [2.75, 3.05) is 11.1 Å². The molecular weight excluding hydrogens is 436 g/mol. The van der Waals surface area contributed by atoms with Gasteiger partial charge in [-0.25, -0.2) is 9.97 Å². The molecule has 2 aromatic heterocycles. The lowest BCUT2D eigenvalue weighted by Gasteiger charge is -2.06. The van der Waals surface area contributed by atoms with Crippen molar-refractivity contribution in [1.82, 2.24) is 14.6 Å². The Bertz CT molecular complexity index is 1540. The quantitative estimate of drug-likeness (QED) is 0.362. The number of fused-ring (bicyclic) bond motifs is 2. The van der Waals surface area contributed by atoms with Gasteiger partial charge in [0.2, 0.25) is 0 Å². The molecule has 162 valence electrons. The van der Waals surface area contributed by atoms with Gasteiger partial charge in [-0.1, -0.05) is 53.6 Å². The van der Waals surface area contributed by atoms with Crippen LogP contribution in [0.15, 0.2) is 77.9 Å². The molecule has 0 fully saturated rings. The molecule has 0 unspecified atom stereocenters. The third kappa shape index (κ3) is 4.02. The Morgan fingerprint density at radius 3 is 2.48 bits per heavy atom. The van der Waals surface area contributed by atoms with Crippen molar-refractivity contribution in [2.45, 2.75) is 6.92 Å². The van der Waals surface area contributed by atoms with Crippen molar-refractivity contribution in [2.24, 2.45) is 5.10 Å². The number of nitrogens with one attached hydrogen (secondary N) is 1. The summed E-state index contributed by atoms with van der Waals surface area (Å²) in [5.74, 6) is -0.245. The zero-order valence-electron chi connectivity index (χ0n) is 17.7. The average molecular weight is 455 g/mol. The Kier molecular flexibility index (Phi) is 5.24. The summed E-state index contributed by atoms with van der Waals surface area (Å²) in [5, 5.41) is 7.98. The monoisotopic (exact) mass is 454 g/mol. The first kappa shape index (κ1) is 20.7. The number of para-hydroxylation sites is 2. The lowest BCUT2D eigenvalue weighted by atomic mass is 10.2. The first-order valence-corrected chi connectivity index (χ1v) is 10.6. The third-order valence-corrected chi connectivity index (χ3v) is 5.42. The molecular formula is C25H19ClN6O. The number of anilines is 2. The maximum atomic E-state index is 13.3. The molecule has 8 heteroatoms. The minimum Gasteiger partial charge on any atom is -0.383 e. The van der Waals surface area contributed by atoms with Gasteiger partial charge >= 0.3 is 0 Å². The van der Waals surface area contributed by atoms with Crippen LogP contribution in [-0.2, 0) is 0 Å². The van der Waals surface area contributed by atoms with Crippen LogP contribution in [0.5, 0.6) is 0 Å². The van der Waals surface area contributed by atoms with Crippen molar-refractivity contribution in [3.63, 3.8) is 0 Å². The smallest absolute Gasteiger partial charge is 0.261 e. The maximum Gasteiger partial charge on any atom is 0.261 e. The van der Waals surface area contributed by atoms with E-state index in [9.17, 15) is 4.79 Å². The summed E-state index contributed by atoms with van der Waals surface area (Å²) in [5.41, 5.74) is 11.3. The molecule has 5 aromatic rings.